The van der Waals surface area contributed by atoms with Gasteiger partial charge in [0, 0.05) is 10.9 Å². The predicted molar refractivity (Wildman–Crippen MR) is 48.5 cm³/mol. The van der Waals surface area contributed by atoms with Crippen LogP contribution < -0.4 is 0 Å². The first kappa shape index (κ1) is 8.72. The minimum Gasteiger partial charge on any atom is -0.207 e. The van der Waals surface area contributed by atoms with Crippen LogP contribution >= 0.6 is 15.9 Å². The van der Waals surface area contributed by atoms with E-state index in [4.69, 9.17) is 0 Å². The summed E-state index contributed by atoms with van der Waals surface area (Å²) in [4.78, 5) is 0. The van der Waals surface area contributed by atoms with Crippen molar-refractivity contribution in [2.24, 2.45) is 0 Å². The predicted octanol–water partition coefficient (Wildman–Crippen LogP) is 3.34. The second-order valence-electron chi connectivity index (χ2n) is 2.60. The van der Waals surface area contributed by atoms with E-state index in [1.54, 1.807) is 6.07 Å². The molecule has 0 aliphatic heterocycles. The molecule has 1 aromatic carbocycles. The van der Waals surface area contributed by atoms with E-state index in [2.05, 4.69) is 15.9 Å². The molecule has 0 aliphatic rings. The van der Waals surface area contributed by atoms with Gasteiger partial charge in [-0.1, -0.05) is 22.0 Å². The van der Waals surface area contributed by atoms with Crippen LogP contribution in [0.4, 0.5) is 4.39 Å². The lowest BCUT2D eigenvalue weighted by atomic mass is 10.0. The van der Waals surface area contributed by atoms with Gasteiger partial charge in [0.2, 0.25) is 0 Å². The average Bonchev–Trinajstić information content (AvgIpc) is 1.99. The Labute approximate surface area is 74.6 Å². The Morgan fingerprint density at radius 3 is 2.45 bits per heavy atom. The topological polar surface area (TPSA) is 0 Å². The highest BCUT2D eigenvalue weighted by molar-refractivity contribution is 9.08. The van der Waals surface area contributed by atoms with E-state index in [9.17, 15) is 4.39 Å². The Balaban J connectivity index is 3.29. The first-order valence-electron chi connectivity index (χ1n) is 3.47. The van der Waals surface area contributed by atoms with Crippen LogP contribution in [0.25, 0.3) is 0 Å². The maximum atomic E-state index is 13.0. The highest BCUT2D eigenvalue weighted by atomic mass is 79.9. The van der Waals surface area contributed by atoms with Crippen LogP contribution in [0.1, 0.15) is 16.7 Å². The number of hydrogen-bond donors (Lipinski definition) is 0. The molecular formula is C9H10BrF. The van der Waals surface area contributed by atoms with Gasteiger partial charge in [0.25, 0.3) is 0 Å². The molecule has 0 spiro atoms. The summed E-state index contributed by atoms with van der Waals surface area (Å²) >= 11 is 3.25. The van der Waals surface area contributed by atoms with Gasteiger partial charge in [-0.05, 0) is 31.0 Å². The Hall–Kier alpha value is -0.370. The van der Waals surface area contributed by atoms with Crippen molar-refractivity contribution in [2.45, 2.75) is 19.2 Å². The van der Waals surface area contributed by atoms with Crippen LogP contribution in [0.15, 0.2) is 12.1 Å². The molecule has 0 saturated heterocycles. The number of hydrogen-bond acceptors (Lipinski definition) is 0. The zero-order chi connectivity index (χ0) is 8.43. The first-order chi connectivity index (χ1) is 5.16. The SMILES string of the molecule is Cc1ccc(F)c(CBr)c1C. The molecule has 0 amide bonds. The quantitative estimate of drug-likeness (QED) is 0.633. The van der Waals surface area contributed by atoms with Crippen molar-refractivity contribution in [3.8, 4) is 0 Å². The van der Waals surface area contributed by atoms with Gasteiger partial charge in [-0.2, -0.15) is 0 Å². The van der Waals surface area contributed by atoms with Crippen LogP contribution in [0, 0.1) is 19.7 Å². The lowest BCUT2D eigenvalue weighted by Crippen LogP contribution is -1.93. The van der Waals surface area contributed by atoms with Gasteiger partial charge in [0.15, 0.2) is 0 Å². The fraction of sp³-hybridized carbons (Fsp3) is 0.333. The van der Waals surface area contributed by atoms with E-state index in [1.165, 1.54) is 6.07 Å². The summed E-state index contributed by atoms with van der Waals surface area (Å²) in [5, 5.41) is 0.590. The number of halogens is 2. The molecule has 0 fully saturated rings. The van der Waals surface area contributed by atoms with E-state index in [0.29, 0.717) is 5.33 Å². The normalized spacial score (nSPS) is 10.2. The average molecular weight is 217 g/mol. The highest BCUT2D eigenvalue weighted by Gasteiger charge is 2.04. The number of alkyl halides is 1. The summed E-state index contributed by atoms with van der Waals surface area (Å²) in [7, 11) is 0. The molecule has 0 radical (unpaired) electrons. The highest BCUT2D eigenvalue weighted by Crippen LogP contribution is 2.19. The Bertz CT molecular complexity index is 269. The van der Waals surface area contributed by atoms with E-state index < -0.39 is 0 Å². The molecule has 1 aromatic rings. The lowest BCUT2D eigenvalue weighted by molar-refractivity contribution is 0.615. The number of benzene rings is 1. The van der Waals surface area contributed by atoms with Crippen molar-refractivity contribution in [1.29, 1.82) is 0 Å². The molecule has 0 aliphatic carbocycles. The van der Waals surface area contributed by atoms with Gasteiger partial charge in [0.05, 0.1) is 0 Å². The van der Waals surface area contributed by atoms with Crippen LogP contribution in [-0.4, -0.2) is 0 Å². The van der Waals surface area contributed by atoms with Gasteiger partial charge in [-0.25, -0.2) is 4.39 Å². The molecule has 0 saturated carbocycles. The second-order valence-corrected chi connectivity index (χ2v) is 3.16. The van der Waals surface area contributed by atoms with Gasteiger partial charge in [-0.3, -0.25) is 0 Å². The molecule has 11 heavy (non-hydrogen) atoms. The molecule has 0 nitrogen and oxygen atoms in total. The minimum atomic E-state index is -0.120. The maximum absolute atomic E-state index is 13.0. The van der Waals surface area contributed by atoms with Crippen molar-refractivity contribution >= 4 is 15.9 Å². The second kappa shape index (κ2) is 3.35. The third kappa shape index (κ3) is 1.62. The van der Waals surface area contributed by atoms with Crippen molar-refractivity contribution in [1.82, 2.24) is 0 Å². The van der Waals surface area contributed by atoms with Gasteiger partial charge >= 0.3 is 0 Å². The van der Waals surface area contributed by atoms with Gasteiger partial charge in [0.1, 0.15) is 5.82 Å². The monoisotopic (exact) mass is 216 g/mol. The van der Waals surface area contributed by atoms with Crippen molar-refractivity contribution in [3.63, 3.8) is 0 Å². The summed E-state index contributed by atoms with van der Waals surface area (Å²) in [6, 6.07) is 3.32. The molecular weight excluding hydrogens is 207 g/mol. The van der Waals surface area contributed by atoms with Gasteiger partial charge in [-0.15, -0.1) is 0 Å². The Morgan fingerprint density at radius 2 is 2.00 bits per heavy atom. The molecule has 0 heterocycles. The fourth-order valence-electron chi connectivity index (χ4n) is 1.00. The summed E-state index contributed by atoms with van der Waals surface area (Å²) in [6.07, 6.45) is 0. The first-order valence-corrected chi connectivity index (χ1v) is 4.59. The van der Waals surface area contributed by atoms with Crippen molar-refractivity contribution in [2.75, 3.05) is 0 Å². The Kier molecular flexibility index (Phi) is 2.66. The zero-order valence-corrected chi connectivity index (χ0v) is 8.20. The molecule has 60 valence electrons. The maximum Gasteiger partial charge on any atom is 0.127 e. The molecule has 0 atom stereocenters. The Morgan fingerprint density at radius 1 is 1.36 bits per heavy atom. The fourth-order valence-corrected chi connectivity index (χ4v) is 1.69. The van der Waals surface area contributed by atoms with E-state index in [0.717, 1.165) is 16.7 Å². The zero-order valence-electron chi connectivity index (χ0n) is 6.62. The van der Waals surface area contributed by atoms with Crippen LogP contribution in [0.5, 0.6) is 0 Å². The number of rotatable bonds is 1. The van der Waals surface area contributed by atoms with E-state index in [1.807, 2.05) is 13.8 Å². The number of aryl methyl sites for hydroxylation is 1. The standard InChI is InChI=1S/C9H10BrF/c1-6-3-4-9(11)8(5-10)7(6)2/h3-4H,5H2,1-2H3. The molecule has 0 aromatic heterocycles. The summed E-state index contributed by atoms with van der Waals surface area (Å²) in [6.45, 7) is 3.93. The van der Waals surface area contributed by atoms with Crippen LogP contribution in [-0.2, 0) is 5.33 Å². The summed E-state index contributed by atoms with van der Waals surface area (Å²) in [5.41, 5.74) is 2.95. The molecule has 2 heteroatoms. The van der Waals surface area contributed by atoms with E-state index in [-0.39, 0.29) is 5.82 Å². The minimum absolute atomic E-state index is 0.120. The smallest absolute Gasteiger partial charge is 0.127 e. The third-order valence-electron chi connectivity index (χ3n) is 1.95. The van der Waals surface area contributed by atoms with Crippen molar-refractivity contribution in [3.05, 3.63) is 34.6 Å². The third-order valence-corrected chi connectivity index (χ3v) is 2.51. The summed E-state index contributed by atoms with van der Waals surface area (Å²) in [5.74, 6) is -0.120. The van der Waals surface area contributed by atoms with Gasteiger partial charge < -0.3 is 0 Å². The van der Waals surface area contributed by atoms with E-state index >= 15 is 0 Å². The molecule has 0 unspecified atom stereocenters. The summed E-state index contributed by atoms with van der Waals surface area (Å²) < 4.78 is 13.0. The molecule has 0 bridgehead atoms. The molecule has 0 N–H and O–H groups in total. The van der Waals surface area contributed by atoms with Crippen LogP contribution in [0.3, 0.4) is 0 Å². The van der Waals surface area contributed by atoms with Crippen LogP contribution in [0.2, 0.25) is 0 Å². The lowest BCUT2D eigenvalue weighted by Gasteiger charge is -2.05. The van der Waals surface area contributed by atoms with Crippen molar-refractivity contribution < 1.29 is 4.39 Å². The molecule has 1 rings (SSSR count). The largest absolute Gasteiger partial charge is 0.207 e.